The van der Waals surface area contributed by atoms with Gasteiger partial charge in [-0.1, -0.05) is 19.1 Å². The Kier molecular flexibility index (Phi) is 4.76. The van der Waals surface area contributed by atoms with E-state index in [-0.39, 0.29) is 17.9 Å². The van der Waals surface area contributed by atoms with Crippen LogP contribution in [0.5, 0.6) is 5.75 Å². The van der Waals surface area contributed by atoms with Crippen LogP contribution in [0.4, 0.5) is 0 Å². The first kappa shape index (κ1) is 16.4. The molecule has 6 heteroatoms. The summed E-state index contributed by atoms with van der Waals surface area (Å²) in [4.78, 5) is 29.0. The zero-order valence-electron chi connectivity index (χ0n) is 13.6. The highest BCUT2D eigenvalue weighted by molar-refractivity contribution is 7.17. The minimum Gasteiger partial charge on any atom is -0.494 e. The quantitative estimate of drug-likeness (QED) is 0.688. The van der Waals surface area contributed by atoms with E-state index in [0.717, 1.165) is 23.3 Å². The van der Waals surface area contributed by atoms with Crippen molar-refractivity contribution in [3.63, 3.8) is 0 Å². The van der Waals surface area contributed by atoms with Crippen LogP contribution in [0.15, 0.2) is 40.8 Å². The highest BCUT2D eigenvalue weighted by Crippen LogP contribution is 2.31. The highest BCUT2D eigenvalue weighted by Gasteiger charge is 2.14. The van der Waals surface area contributed by atoms with Crippen LogP contribution in [0, 0.1) is 0 Å². The van der Waals surface area contributed by atoms with Crippen molar-refractivity contribution < 1.29 is 9.53 Å². The van der Waals surface area contributed by atoms with Gasteiger partial charge in [0.05, 0.1) is 24.9 Å². The summed E-state index contributed by atoms with van der Waals surface area (Å²) in [5, 5.41) is 2.49. The summed E-state index contributed by atoms with van der Waals surface area (Å²) in [5.74, 6) is 0.736. The van der Waals surface area contributed by atoms with Gasteiger partial charge in [-0.25, -0.2) is 4.98 Å². The SMILES string of the molecule is CCCOc1ccc(-c2csc3ncn(CC(C)=O)c(=O)c23)cc1. The van der Waals surface area contributed by atoms with Crippen LogP contribution in [0.2, 0.25) is 0 Å². The number of carbonyl (C=O) groups is 1. The maximum atomic E-state index is 12.7. The lowest BCUT2D eigenvalue weighted by molar-refractivity contribution is -0.117. The molecule has 0 aliphatic rings. The summed E-state index contributed by atoms with van der Waals surface area (Å²) in [6.07, 6.45) is 2.40. The number of ketones is 1. The number of aromatic nitrogens is 2. The van der Waals surface area contributed by atoms with Gasteiger partial charge >= 0.3 is 0 Å². The summed E-state index contributed by atoms with van der Waals surface area (Å²) in [5.41, 5.74) is 1.59. The highest BCUT2D eigenvalue weighted by atomic mass is 32.1. The lowest BCUT2D eigenvalue weighted by atomic mass is 10.1. The van der Waals surface area contributed by atoms with E-state index in [0.29, 0.717) is 16.8 Å². The molecular formula is C18H18N2O3S. The Morgan fingerprint density at radius 3 is 2.71 bits per heavy atom. The maximum absolute atomic E-state index is 12.7. The number of hydrogen-bond donors (Lipinski definition) is 0. The molecule has 0 aliphatic carbocycles. The Hall–Kier alpha value is -2.47. The standard InChI is InChI=1S/C18H18N2O3S/c1-3-8-23-14-6-4-13(5-7-14)15-10-24-17-16(15)18(22)20(11-19-17)9-12(2)21/h4-7,10-11H,3,8-9H2,1-2H3. The molecule has 2 aromatic heterocycles. The zero-order chi connectivity index (χ0) is 17.1. The van der Waals surface area contributed by atoms with Gasteiger partial charge in [-0.15, -0.1) is 11.3 Å². The molecule has 2 heterocycles. The van der Waals surface area contributed by atoms with E-state index in [1.165, 1.54) is 29.2 Å². The second-order valence-corrected chi connectivity index (χ2v) is 6.44. The number of Topliss-reactive ketones (excluding diaryl/α,β-unsaturated/α-hetero) is 1. The largest absolute Gasteiger partial charge is 0.494 e. The van der Waals surface area contributed by atoms with Gasteiger partial charge in [0.15, 0.2) is 0 Å². The lowest BCUT2D eigenvalue weighted by Gasteiger charge is -2.06. The van der Waals surface area contributed by atoms with Crippen LogP contribution in [-0.2, 0) is 11.3 Å². The van der Waals surface area contributed by atoms with Crippen molar-refractivity contribution in [1.29, 1.82) is 0 Å². The van der Waals surface area contributed by atoms with Crippen LogP contribution in [-0.4, -0.2) is 21.9 Å². The van der Waals surface area contributed by atoms with Gasteiger partial charge in [-0.2, -0.15) is 0 Å². The predicted molar refractivity (Wildman–Crippen MR) is 95.8 cm³/mol. The molecule has 5 nitrogen and oxygen atoms in total. The molecular weight excluding hydrogens is 324 g/mol. The number of rotatable bonds is 6. The van der Waals surface area contributed by atoms with Gasteiger partial charge in [0.25, 0.3) is 5.56 Å². The van der Waals surface area contributed by atoms with Gasteiger partial charge in [0.2, 0.25) is 0 Å². The third kappa shape index (κ3) is 3.23. The van der Waals surface area contributed by atoms with Gasteiger partial charge in [-0.3, -0.25) is 14.2 Å². The summed E-state index contributed by atoms with van der Waals surface area (Å²) < 4.78 is 6.95. The molecule has 0 unspecified atom stereocenters. The van der Waals surface area contributed by atoms with Crippen LogP contribution in [0.3, 0.4) is 0 Å². The van der Waals surface area contributed by atoms with E-state index in [1.54, 1.807) is 0 Å². The fourth-order valence-corrected chi connectivity index (χ4v) is 3.39. The molecule has 124 valence electrons. The Bertz CT molecular complexity index is 926. The first-order valence-corrected chi connectivity index (χ1v) is 8.67. The molecule has 0 atom stereocenters. The molecule has 3 rings (SSSR count). The maximum Gasteiger partial charge on any atom is 0.263 e. The van der Waals surface area contributed by atoms with Crippen molar-refractivity contribution in [2.24, 2.45) is 0 Å². The van der Waals surface area contributed by atoms with Crippen LogP contribution >= 0.6 is 11.3 Å². The normalized spacial score (nSPS) is 10.9. The van der Waals surface area contributed by atoms with E-state index in [9.17, 15) is 9.59 Å². The van der Waals surface area contributed by atoms with E-state index < -0.39 is 0 Å². The second-order valence-electron chi connectivity index (χ2n) is 5.58. The third-order valence-corrected chi connectivity index (χ3v) is 4.48. The van der Waals surface area contributed by atoms with Crippen molar-refractivity contribution in [3.05, 3.63) is 46.3 Å². The number of benzene rings is 1. The fourth-order valence-electron chi connectivity index (χ4n) is 2.48. The van der Waals surface area contributed by atoms with Gasteiger partial charge < -0.3 is 4.74 Å². The fraction of sp³-hybridized carbons (Fsp3) is 0.278. The second kappa shape index (κ2) is 6.97. The molecule has 0 saturated heterocycles. The number of nitrogens with zero attached hydrogens (tertiary/aromatic N) is 2. The number of hydrogen-bond acceptors (Lipinski definition) is 5. The molecule has 0 bridgehead atoms. The molecule has 1 aromatic carbocycles. The topological polar surface area (TPSA) is 61.2 Å². The van der Waals surface area contributed by atoms with Crippen molar-refractivity contribution in [1.82, 2.24) is 9.55 Å². The lowest BCUT2D eigenvalue weighted by Crippen LogP contribution is -2.23. The molecule has 0 fully saturated rings. The molecule has 0 amide bonds. The molecule has 0 radical (unpaired) electrons. The first-order chi connectivity index (χ1) is 11.6. The van der Waals surface area contributed by atoms with Crippen molar-refractivity contribution >= 4 is 27.3 Å². The summed E-state index contributed by atoms with van der Waals surface area (Å²) >= 11 is 1.43. The van der Waals surface area contributed by atoms with E-state index in [1.807, 2.05) is 29.6 Å². The first-order valence-electron chi connectivity index (χ1n) is 7.79. The number of ether oxygens (including phenoxy) is 1. The Labute approximate surface area is 143 Å². The van der Waals surface area contributed by atoms with Crippen LogP contribution in [0.1, 0.15) is 20.3 Å². The average Bonchev–Trinajstić information content (AvgIpc) is 3.00. The zero-order valence-corrected chi connectivity index (χ0v) is 14.4. The molecule has 0 spiro atoms. The minimum absolute atomic E-state index is 0.0425. The monoisotopic (exact) mass is 342 g/mol. The number of thiophene rings is 1. The smallest absolute Gasteiger partial charge is 0.263 e. The predicted octanol–water partition coefficient (Wildman–Crippen LogP) is 3.50. The van der Waals surface area contributed by atoms with Gasteiger partial charge in [0, 0.05) is 10.9 Å². The van der Waals surface area contributed by atoms with E-state index >= 15 is 0 Å². The molecule has 0 saturated carbocycles. The molecule has 24 heavy (non-hydrogen) atoms. The van der Waals surface area contributed by atoms with E-state index in [4.69, 9.17) is 4.74 Å². The van der Waals surface area contributed by atoms with Crippen LogP contribution in [0.25, 0.3) is 21.3 Å². The number of fused-ring (bicyclic) bond motifs is 1. The average molecular weight is 342 g/mol. The van der Waals surface area contributed by atoms with Crippen molar-refractivity contribution in [3.8, 4) is 16.9 Å². The van der Waals surface area contributed by atoms with Crippen molar-refractivity contribution in [2.75, 3.05) is 6.61 Å². The number of carbonyl (C=O) groups excluding carboxylic acids is 1. The Balaban J connectivity index is 2.03. The van der Waals surface area contributed by atoms with Gasteiger partial charge in [0.1, 0.15) is 16.4 Å². The van der Waals surface area contributed by atoms with Crippen molar-refractivity contribution in [2.45, 2.75) is 26.8 Å². The molecule has 0 aliphatic heterocycles. The summed E-state index contributed by atoms with van der Waals surface area (Å²) in [7, 11) is 0. The Morgan fingerprint density at radius 1 is 1.29 bits per heavy atom. The Morgan fingerprint density at radius 2 is 2.04 bits per heavy atom. The minimum atomic E-state index is -0.183. The third-order valence-electron chi connectivity index (χ3n) is 3.59. The van der Waals surface area contributed by atoms with Gasteiger partial charge in [-0.05, 0) is 31.0 Å². The molecule has 3 aromatic rings. The summed E-state index contributed by atoms with van der Waals surface area (Å²) in [6, 6.07) is 7.68. The van der Waals surface area contributed by atoms with E-state index in [2.05, 4.69) is 11.9 Å². The summed E-state index contributed by atoms with van der Waals surface area (Å²) in [6.45, 7) is 4.24. The van der Waals surface area contributed by atoms with Crippen LogP contribution < -0.4 is 10.3 Å². The molecule has 0 N–H and O–H groups in total.